The molecule has 20 heavy (non-hydrogen) atoms. The lowest BCUT2D eigenvalue weighted by molar-refractivity contribution is 0.192. The van der Waals surface area contributed by atoms with Crippen LogP contribution in [0.3, 0.4) is 0 Å². The molecule has 0 aliphatic heterocycles. The van der Waals surface area contributed by atoms with Crippen molar-refractivity contribution in [3.63, 3.8) is 0 Å². The molecule has 0 heterocycles. The van der Waals surface area contributed by atoms with E-state index >= 15 is 0 Å². The number of benzene rings is 2. The summed E-state index contributed by atoms with van der Waals surface area (Å²) in [5.74, 6) is 0.389. The van der Waals surface area contributed by atoms with Crippen molar-refractivity contribution < 1.29 is 9.84 Å². The van der Waals surface area contributed by atoms with Crippen LogP contribution in [0.2, 0.25) is 0 Å². The molecule has 2 N–H and O–H groups in total. The first kappa shape index (κ1) is 14.8. The summed E-state index contributed by atoms with van der Waals surface area (Å²) in [5.41, 5.74) is 0.954. The molecule has 108 valence electrons. The highest BCUT2D eigenvalue weighted by Crippen LogP contribution is 2.32. The summed E-state index contributed by atoms with van der Waals surface area (Å²) in [6.07, 6.45) is 2.13. The van der Waals surface area contributed by atoms with Gasteiger partial charge in [-0.25, -0.2) is 0 Å². The van der Waals surface area contributed by atoms with Crippen LogP contribution in [0.15, 0.2) is 36.4 Å². The molecule has 0 bridgehead atoms. The molecular formula is C17H23NO2. The predicted octanol–water partition coefficient (Wildman–Crippen LogP) is 3.62. The normalized spacial score (nSPS) is 12.7. The number of rotatable bonds is 7. The van der Waals surface area contributed by atoms with Crippen molar-refractivity contribution in [2.45, 2.75) is 25.8 Å². The Morgan fingerprint density at radius 1 is 1.15 bits per heavy atom. The first-order valence-corrected chi connectivity index (χ1v) is 7.17. The molecule has 0 saturated carbocycles. The molecule has 3 nitrogen and oxygen atoms in total. The molecule has 0 fully saturated rings. The SMILES string of the molecule is COCCCCNC(C)c1ccc2ccccc2c1O. The number of phenols is 1. The first-order chi connectivity index (χ1) is 9.74. The van der Waals surface area contributed by atoms with Gasteiger partial charge in [0.2, 0.25) is 0 Å². The molecule has 1 atom stereocenters. The van der Waals surface area contributed by atoms with E-state index in [1.165, 1.54) is 0 Å². The van der Waals surface area contributed by atoms with E-state index in [4.69, 9.17) is 4.74 Å². The third kappa shape index (κ3) is 3.50. The molecule has 0 amide bonds. The molecule has 2 rings (SSSR count). The lowest BCUT2D eigenvalue weighted by Gasteiger charge is -2.17. The fourth-order valence-electron chi connectivity index (χ4n) is 2.42. The summed E-state index contributed by atoms with van der Waals surface area (Å²) in [4.78, 5) is 0. The molecular weight excluding hydrogens is 250 g/mol. The maximum Gasteiger partial charge on any atom is 0.128 e. The Kier molecular flexibility index (Phi) is 5.39. The highest BCUT2D eigenvalue weighted by molar-refractivity contribution is 5.89. The van der Waals surface area contributed by atoms with Crippen molar-refractivity contribution in [2.24, 2.45) is 0 Å². The van der Waals surface area contributed by atoms with Crippen LogP contribution >= 0.6 is 0 Å². The van der Waals surface area contributed by atoms with Crippen molar-refractivity contribution in [1.82, 2.24) is 5.32 Å². The molecule has 0 spiro atoms. The van der Waals surface area contributed by atoms with Crippen LogP contribution in [0.4, 0.5) is 0 Å². The number of hydrogen-bond acceptors (Lipinski definition) is 3. The summed E-state index contributed by atoms with van der Waals surface area (Å²) < 4.78 is 5.03. The van der Waals surface area contributed by atoms with Crippen molar-refractivity contribution in [1.29, 1.82) is 0 Å². The molecule has 2 aromatic rings. The van der Waals surface area contributed by atoms with Gasteiger partial charge >= 0.3 is 0 Å². The predicted molar refractivity (Wildman–Crippen MR) is 83.1 cm³/mol. The Bertz CT molecular complexity index is 554. The van der Waals surface area contributed by atoms with Crippen LogP contribution in [-0.2, 0) is 4.74 Å². The van der Waals surface area contributed by atoms with Gasteiger partial charge in [0, 0.05) is 30.7 Å². The Labute approximate surface area is 120 Å². The zero-order chi connectivity index (χ0) is 14.4. The van der Waals surface area contributed by atoms with E-state index in [1.54, 1.807) is 7.11 Å². The van der Waals surface area contributed by atoms with Crippen LogP contribution in [0, 0.1) is 0 Å². The molecule has 1 unspecified atom stereocenters. The van der Waals surface area contributed by atoms with E-state index in [2.05, 4.69) is 18.3 Å². The monoisotopic (exact) mass is 273 g/mol. The minimum atomic E-state index is 0.141. The quantitative estimate of drug-likeness (QED) is 0.757. The minimum absolute atomic E-state index is 0.141. The fourth-order valence-corrected chi connectivity index (χ4v) is 2.42. The van der Waals surface area contributed by atoms with E-state index in [-0.39, 0.29) is 6.04 Å². The van der Waals surface area contributed by atoms with E-state index < -0.39 is 0 Å². The van der Waals surface area contributed by atoms with Gasteiger partial charge in [-0.2, -0.15) is 0 Å². The van der Waals surface area contributed by atoms with Gasteiger partial charge in [0.15, 0.2) is 0 Å². The molecule has 0 radical (unpaired) electrons. The summed E-state index contributed by atoms with van der Waals surface area (Å²) in [6.45, 7) is 3.81. The van der Waals surface area contributed by atoms with E-state index in [9.17, 15) is 5.11 Å². The van der Waals surface area contributed by atoms with Crippen molar-refractivity contribution in [3.05, 3.63) is 42.0 Å². The van der Waals surface area contributed by atoms with Gasteiger partial charge in [-0.15, -0.1) is 0 Å². The Hall–Kier alpha value is -1.58. The van der Waals surface area contributed by atoms with Crippen LogP contribution in [-0.4, -0.2) is 25.4 Å². The smallest absolute Gasteiger partial charge is 0.128 e. The summed E-state index contributed by atoms with van der Waals surface area (Å²) in [5, 5.41) is 15.8. The van der Waals surface area contributed by atoms with Crippen molar-refractivity contribution in [2.75, 3.05) is 20.3 Å². The number of unbranched alkanes of at least 4 members (excludes halogenated alkanes) is 1. The number of methoxy groups -OCH3 is 1. The topological polar surface area (TPSA) is 41.5 Å². The molecule has 2 aromatic carbocycles. The summed E-state index contributed by atoms with van der Waals surface area (Å²) in [6, 6.07) is 12.1. The van der Waals surface area contributed by atoms with Gasteiger partial charge in [0.05, 0.1) is 0 Å². The molecule has 0 saturated heterocycles. The van der Waals surface area contributed by atoms with E-state index in [1.807, 2.05) is 30.3 Å². The highest BCUT2D eigenvalue weighted by Gasteiger charge is 2.12. The molecule has 0 aliphatic rings. The maximum absolute atomic E-state index is 10.4. The van der Waals surface area contributed by atoms with Gasteiger partial charge in [0.25, 0.3) is 0 Å². The number of hydrogen-bond donors (Lipinski definition) is 2. The van der Waals surface area contributed by atoms with Gasteiger partial charge in [-0.1, -0.05) is 36.4 Å². The van der Waals surface area contributed by atoms with E-state index in [0.717, 1.165) is 42.3 Å². The third-order valence-corrected chi connectivity index (χ3v) is 3.62. The van der Waals surface area contributed by atoms with Crippen LogP contribution < -0.4 is 5.32 Å². The standard InChI is InChI=1S/C17H23NO2/c1-13(18-11-5-6-12-20-2)15-10-9-14-7-3-4-8-16(14)17(15)19/h3-4,7-10,13,18-19H,5-6,11-12H2,1-2H3. The van der Waals surface area contributed by atoms with Crippen molar-refractivity contribution in [3.8, 4) is 5.75 Å². The molecule has 0 aromatic heterocycles. The van der Waals surface area contributed by atoms with Gasteiger partial charge in [-0.05, 0) is 31.7 Å². The molecule has 0 aliphatic carbocycles. The third-order valence-electron chi connectivity index (χ3n) is 3.62. The van der Waals surface area contributed by atoms with Crippen LogP contribution in [0.1, 0.15) is 31.4 Å². The first-order valence-electron chi connectivity index (χ1n) is 7.17. The van der Waals surface area contributed by atoms with Crippen molar-refractivity contribution >= 4 is 10.8 Å². The average molecular weight is 273 g/mol. The number of fused-ring (bicyclic) bond motifs is 1. The lowest BCUT2D eigenvalue weighted by Crippen LogP contribution is -2.20. The minimum Gasteiger partial charge on any atom is -0.507 e. The zero-order valence-corrected chi connectivity index (χ0v) is 12.2. The van der Waals surface area contributed by atoms with Gasteiger partial charge in [0.1, 0.15) is 5.75 Å². The van der Waals surface area contributed by atoms with E-state index in [0.29, 0.717) is 5.75 Å². The maximum atomic E-state index is 10.4. The second-order valence-electron chi connectivity index (χ2n) is 5.10. The summed E-state index contributed by atoms with van der Waals surface area (Å²) >= 11 is 0. The summed E-state index contributed by atoms with van der Waals surface area (Å²) in [7, 11) is 1.73. The Balaban J connectivity index is 2.03. The fraction of sp³-hybridized carbons (Fsp3) is 0.412. The second-order valence-corrected chi connectivity index (χ2v) is 5.10. The zero-order valence-electron chi connectivity index (χ0n) is 12.2. The number of ether oxygens (including phenoxy) is 1. The number of aromatic hydroxyl groups is 1. The lowest BCUT2D eigenvalue weighted by atomic mass is 10.0. The van der Waals surface area contributed by atoms with Crippen LogP contribution in [0.5, 0.6) is 5.75 Å². The number of phenolic OH excluding ortho intramolecular Hbond substituents is 1. The Morgan fingerprint density at radius 3 is 2.75 bits per heavy atom. The average Bonchev–Trinajstić information content (AvgIpc) is 2.47. The highest BCUT2D eigenvalue weighted by atomic mass is 16.5. The largest absolute Gasteiger partial charge is 0.507 e. The second kappa shape index (κ2) is 7.27. The van der Waals surface area contributed by atoms with Crippen LogP contribution in [0.25, 0.3) is 10.8 Å². The molecule has 3 heteroatoms. The Morgan fingerprint density at radius 2 is 1.95 bits per heavy atom. The van der Waals surface area contributed by atoms with Gasteiger partial charge in [-0.3, -0.25) is 0 Å². The van der Waals surface area contributed by atoms with Gasteiger partial charge < -0.3 is 15.2 Å². The number of nitrogens with one attached hydrogen (secondary N) is 1.